The molecular weight excluding hydrogens is 260 g/mol. The van der Waals surface area contributed by atoms with Crippen molar-refractivity contribution in [2.24, 2.45) is 0 Å². The summed E-state index contributed by atoms with van der Waals surface area (Å²) in [5, 5.41) is 0. The van der Waals surface area contributed by atoms with Gasteiger partial charge in [0.2, 0.25) is 0 Å². The number of hydrogen-bond acceptors (Lipinski definition) is 2. The van der Waals surface area contributed by atoms with Gasteiger partial charge in [0, 0.05) is 6.08 Å². The third-order valence-electron chi connectivity index (χ3n) is 3.67. The minimum Gasteiger partial charge on any atom is -0.432 e. The van der Waals surface area contributed by atoms with Crippen molar-refractivity contribution in [2.45, 2.75) is 90.4 Å². The number of esters is 1. The van der Waals surface area contributed by atoms with Crippen molar-refractivity contribution in [3.8, 4) is 0 Å². The Labute approximate surface area is 131 Å². The van der Waals surface area contributed by atoms with Gasteiger partial charge in [-0.2, -0.15) is 0 Å². The Morgan fingerprint density at radius 3 is 1.81 bits per heavy atom. The van der Waals surface area contributed by atoms with Gasteiger partial charge in [0.05, 0.1) is 6.26 Å². The van der Waals surface area contributed by atoms with Gasteiger partial charge in [0.25, 0.3) is 0 Å². The molecule has 2 nitrogen and oxygen atoms in total. The predicted molar refractivity (Wildman–Crippen MR) is 91.1 cm³/mol. The fourth-order valence-electron chi connectivity index (χ4n) is 2.33. The van der Waals surface area contributed by atoms with Crippen molar-refractivity contribution in [3.05, 3.63) is 25.0 Å². The van der Waals surface area contributed by atoms with Crippen molar-refractivity contribution in [3.63, 3.8) is 0 Å². The van der Waals surface area contributed by atoms with Gasteiger partial charge in [-0.15, -0.1) is 0 Å². The summed E-state index contributed by atoms with van der Waals surface area (Å²) in [7, 11) is 0. The van der Waals surface area contributed by atoms with Crippen LogP contribution in [0.2, 0.25) is 0 Å². The molecule has 0 radical (unpaired) electrons. The predicted octanol–water partition coefficient (Wildman–Crippen LogP) is 6.32. The van der Waals surface area contributed by atoms with Gasteiger partial charge in [0.15, 0.2) is 0 Å². The molecule has 0 aromatic rings. The Hall–Kier alpha value is -1.05. The Balaban J connectivity index is 3.09. The molecule has 122 valence electrons. The summed E-state index contributed by atoms with van der Waals surface area (Å²) in [5.74, 6) is -0.388. The van der Waals surface area contributed by atoms with E-state index in [1.807, 2.05) is 6.08 Å². The Morgan fingerprint density at radius 1 is 0.857 bits per heavy atom. The molecule has 0 aromatic carbocycles. The summed E-state index contributed by atoms with van der Waals surface area (Å²) in [5.41, 5.74) is 0. The highest BCUT2D eigenvalue weighted by Crippen LogP contribution is 2.12. The fourth-order valence-corrected chi connectivity index (χ4v) is 2.33. The van der Waals surface area contributed by atoms with Gasteiger partial charge < -0.3 is 4.74 Å². The molecule has 0 aromatic heterocycles. The van der Waals surface area contributed by atoms with E-state index in [-0.39, 0.29) is 5.97 Å². The van der Waals surface area contributed by atoms with Crippen LogP contribution in [0.25, 0.3) is 0 Å². The van der Waals surface area contributed by atoms with Gasteiger partial charge in [-0.1, -0.05) is 84.1 Å². The molecule has 0 heterocycles. The molecule has 0 aliphatic rings. The van der Waals surface area contributed by atoms with Gasteiger partial charge >= 0.3 is 5.97 Å². The maximum atomic E-state index is 10.8. The minimum absolute atomic E-state index is 0.388. The van der Waals surface area contributed by atoms with Gasteiger partial charge in [-0.3, -0.25) is 0 Å². The van der Waals surface area contributed by atoms with Crippen LogP contribution in [0.3, 0.4) is 0 Å². The van der Waals surface area contributed by atoms with E-state index in [4.69, 9.17) is 4.74 Å². The standard InChI is InChI=1S/C19H34O2/c1-3-5-6-7-8-9-10-11-12-13-14-15-16-17-18-21-19(20)4-2/h4,17-18H,2-3,5-16H2,1H3/b18-17+. The van der Waals surface area contributed by atoms with E-state index in [1.54, 1.807) is 0 Å². The molecule has 0 rings (SSSR count). The van der Waals surface area contributed by atoms with Crippen molar-refractivity contribution < 1.29 is 9.53 Å². The van der Waals surface area contributed by atoms with Gasteiger partial charge in [0.1, 0.15) is 0 Å². The second-order valence-electron chi connectivity index (χ2n) is 5.69. The first-order chi connectivity index (χ1) is 10.3. The van der Waals surface area contributed by atoms with E-state index in [0.717, 1.165) is 6.42 Å². The van der Waals surface area contributed by atoms with Crippen LogP contribution < -0.4 is 0 Å². The van der Waals surface area contributed by atoms with Gasteiger partial charge in [-0.05, 0) is 18.9 Å². The number of unbranched alkanes of at least 4 members (excludes halogenated alkanes) is 12. The van der Waals surface area contributed by atoms with Crippen molar-refractivity contribution in [2.75, 3.05) is 0 Å². The fraction of sp³-hybridized carbons (Fsp3) is 0.737. The van der Waals surface area contributed by atoms with E-state index >= 15 is 0 Å². The molecule has 0 unspecified atom stereocenters. The summed E-state index contributed by atoms with van der Waals surface area (Å²) in [6.07, 6.45) is 21.9. The number of carbonyl (C=O) groups excluding carboxylic acids is 1. The number of carbonyl (C=O) groups is 1. The monoisotopic (exact) mass is 294 g/mol. The quantitative estimate of drug-likeness (QED) is 0.153. The SMILES string of the molecule is C=CC(=O)O/C=C/CCCCCCCCCCCCCC. The van der Waals surface area contributed by atoms with E-state index in [2.05, 4.69) is 13.5 Å². The molecule has 0 atom stereocenters. The molecule has 0 saturated heterocycles. The molecule has 0 saturated carbocycles. The molecular formula is C19H34O2. The van der Waals surface area contributed by atoms with E-state index in [0.29, 0.717) is 0 Å². The van der Waals surface area contributed by atoms with Crippen molar-refractivity contribution in [1.29, 1.82) is 0 Å². The van der Waals surface area contributed by atoms with Crippen LogP contribution in [0.15, 0.2) is 25.0 Å². The highest BCUT2D eigenvalue weighted by atomic mass is 16.5. The molecule has 2 heteroatoms. The third-order valence-corrected chi connectivity index (χ3v) is 3.67. The van der Waals surface area contributed by atoms with E-state index < -0.39 is 0 Å². The zero-order valence-corrected chi connectivity index (χ0v) is 13.9. The number of rotatable bonds is 15. The zero-order chi connectivity index (χ0) is 15.6. The summed E-state index contributed by atoms with van der Waals surface area (Å²) < 4.78 is 4.76. The van der Waals surface area contributed by atoms with Crippen LogP contribution >= 0.6 is 0 Å². The lowest BCUT2D eigenvalue weighted by Gasteiger charge is -2.02. The van der Waals surface area contributed by atoms with E-state index in [1.165, 1.54) is 89.4 Å². The lowest BCUT2D eigenvalue weighted by atomic mass is 10.0. The van der Waals surface area contributed by atoms with Crippen LogP contribution in [-0.4, -0.2) is 5.97 Å². The van der Waals surface area contributed by atoms with Gasteiger partial charge in [-0.25, -0.2) is 4.79 Å². The molecule has 21 heavy (non-hydrogen) atoms. The topological polar surface area (TPSA) is 26.3 Å². The molecule has 0 amide bonds. The summed E-state index contributed by atoms with van der Waals surface area (Å²) in [6.45, 7) is 5.61. The van der Waals surface area contributed by atoms with Crippen LogP contribution in [0.4, 0.5) is 0 Å². The first kappa shape index (κ1) is 19.9. The maximum Gasteiger partial charge on any atom is 0.334 e. The van der Waals surface area contributed by atoms with Crippen LogP contribution in [0.1, 0.15) is 90.4 Å². The molecule has 0 fully saturated rings. The largest absolute Gasteiger partial charge is 0.432 e. The van der Waals surface area contributed by atoms with Crippen molar-refractivity contribution in [1.82, 2.24) is 0 Å². The smallest absolute Gasteiger partial charge is 0.334 e. The normalized spacial score (nSPS) is 10.9. The first-order valence-electron chi connectivity index (χ1n) is 8.79. The average molecular weight is 294 g/mol. The number of ether oxygens (including phenoxy) is 1. The first-order valence-corrected chi connectivity index (χ1v) is 8.79. The Bertz CT molecular complexity index is 269. The second kappa shape index (κ2) is 17.0. The number of hydrogen-bond donors (Lipinski definition) is 0. The summed E-state index contributed by atoms with van der Waals surface area (Å²) in [6, 6.07) is 0. The maximum absolute atomic E-state index is 10.8. The zero-order valence-electron chi connectivity index (χ0n) is 13.9. The highest BCUT2D eigenvalue weighted by molar-refractivity contribution is 5.81. The van der Waals surface area contributed by atoms with Crippen LogP contribution in [-0.2, 0) is 9.53 Å². The minimum atomic E-state index is -0.388. The molecule has 0 aliphatic carbocycles. The average Bonchev–Trinajstić information content (AvgIpc) is 2.50. The lowest BCUT2D eigenvalue weighted by molar-refractivity contribution is -0.132. The Morgan fingerprint density at radius 2 is 1.33 bits per heavy atom. The highest BCUT2D eigenvalue weighted by Gasteiger charge is 1.93. The summed E-state index contributed by atoms with van der Waals surface area (Å²) in [4.78, 5) is 10.8. The second-order valence-corrected chi connectivity index (χ2v) is 5.69. The van der Waals surface area contributed by atoms with E-state index in [9.17, 15) is 4.79 Å². The third kappa shape index (κ3) is 16.9. The summed E-state index contributed by atoms with van der Waals surface area (Å²) >= 11 is 0. The molecule has 0 aliphatic heterocycles. The lowest BCUT2D eigenvalue weighted by Crippen LogP contribution is -1.91. The molecule has 0 N–H and O–H groups in total. The van der Waals surface area contributed by atoms with Crippen LogP contribution in [0, 0.1) is 0 Å². The number of allylic oxidation sites excluding steroid dienone is 1. The molecule has 0 bridgehead atoms. The van der Waals surface area contributed by atoms with Crippen LogP contribution in [0.5, 0.6) is 0 Å². The molecule has 0 spiro atoms. The van der Waals surface area contributed by atoms with Crippen molar-refractivity contribution >= 4 is 5.97 Å². The Kier molecular flexibility index (Phi) is 16.2.